The van der Waals surface area contributed by atoms with Gasteiger partial charge in [0.15, 0.2) is 0 Å². The van der Waals surface area contributed by atoms with Gasteiger partial charge in [0.25, 0.3) is 5.91 Å². The summed E-state index contributed by atoms with van der Waals surface area (Å²) in [5.74, 6) is 0.436. The largest absolute Gasteiger partial charge is 0.472 e. The Balaban J connectivity index is 2.08. The molecule has 1 N–H and O–H groups in total. The molecular formula is C15H22N2O3. The van der Waals surface area contributed by atoms with Gasteiger partial charge in [0.05, 0.1) is 18.2 Å². The Morgan fingerprint density at radius 1 is 1.50 bits per heavy atom. The smallest absolute Gasteiger partial charge is 0.255 e. The van der Waals surface area contributed by atoms with Crippen LogP contribution in [0, 0.1) is 0 Å². The monoisotopic (exact) mass is 278 g/mol. The summed E-state index contributed by atoms with van der Waals surface area (Å²) >= 11 is 0. The summed E-state index contributed by atoms with van der Waals surface area (Å²) in [5, 5.41) is 9.27. The molecule has 2 heterocycles. The van der Waals surface area contributed by atoms with Crippen LogP contribution in [0.2, 0.25) is 0 Å². The Labute approximate surface area is 119 Å². The van der Waals surface area contributed by atoms with Crippen LogP contribution < -0.4 is 4.74 Å². The zero-order valence-electron chi connectivity index (χ0n) is 12.3. The number of likely N-dealkylation sites (tertiary alicyclic amines) is 1. The molecule has 1 amide bonds. The van der Waals surface area contributed by atoms with Gasteiger partial charge in [0.2, 0.25) is 5.88 Å². The molecule has 0 aliphatic carbocycles. The zero-order valence-corrected chi connectivity index (χ0v) is 12.3. The molecule has 1 aliphatic heterocycles. The second-order valence-corrected chi connectivity index (χ2v) is 6.08. The minimum absolute atomic E-state index is 0.0182. The van der Waals surface area contributed by atoms with Crippen LogP contribution >= 0.6 is 0 Å². The van der Waals surface area contributed by atoms with Crippen LogP contribution in [-0.2, 0) is 0 Å². The van der Waals surface area contributed by atoms with Crippen molar-refractivity contribution in [3.8, 4) is 5.88 Å². The molecule has 5 nitrogen and oxygen atoms in total. The third kappa shape index (κ3) is 3.48. The highest BCUT2D eigenvalue weighted by atomic mass is 16.5. The minimum Gasteiger partial charge on any atom is -0.472 e. The summed E-state index contributed by atoms with van der Waals surface area (Å²) in [5.41, 5.74) is 0.224. The Bertz CT molecular complexity index is 465. The van der Waals surface area contributed by atoms with Crippen molar-refractivity contribution >= 4 is 5.91 Å². The fourth-order valence-electron chi connectivity index (χ4n) is 2.34. The van der Waals surface area contributed by atoms with Gasteiger partial charge in [0.1, 0.15) is 5.60 Å². The van der Waals surface area contributed by atoms with E-state index in [0.717, 1.165) is 12.8 Å². The van der Waals surface area contributed by atoms with E-state index in [9.17, 15) is 9.90 Å². The highest BCUT2D eigenvalue weighted by Gasteiger charge is 2.28. The number of rotatable bonds is 3. The number of pyridine rings is 1. The minimum atomic E-state index is -0.310. The van der Waals surface area contributed by atoms with E-state index in [4.69, 9.17) is 4.74 Å². The molecule has 1 fully saturated rings. The average Bonchev–Trinajstić information content (AvgIpc) is 2.85. The SMILES string of the molecule is CC(C)(C)Oc1ccc(C(=O)N2CCC[C@@H]2CO)cn1. The Morgan fingerprint density at radius 2 is 2.25 bits per heavy atom. The van der Waals surface area contributed by atoms with Gasteiger partial charge in [0, 0.05) is 18.8 Å². The molecule has 0 saturated carbocycles. The molecular weight excluding hydrogens is 256 g/mol. The molecule has 1 aromatic heterocycles. The van der Waals surface area contributed by atoms with E-state index >= 15 is 0 Å². The van der Waals surface area contributed by atoms with Gasteiger partial charge >= 0.3 is 0 Å². The molecule has 20 heavy (non-hydrogen) atoms. The number of aliphatic hydroxyl groups is 1. The van der Waals surface area contributed by atoms with Crippen LogP contribution in [0.25, 0.3) is 0 Å². The van der Waals surface area contributed by atoms with Gasteiger partial charge in [-0.05, 0) is 39.7 Å². The van der Waals surface area contributed by atoms with E-state index in [1.54, 1.807) is 17.0 Å². The Morgan fingerprint density at radius 3 is 2.80 bits per heavy atom. The molecule has 1 saturated heterocycles. The van der Waals surface area contributed by atoms with Crippen molar-refractivity contribution < 1.29 is 14.6 Å². The molecule has 0 radical (unpaired) electrons. The third-order valence-electron chi connectivity index (χ3n) is 3.24. The molecule has 1 aliphatic rings. The van der Waals surface area contributed by atoms with Crippen molar-refractivity contribution in [2.24, 2.45) is 0 Å². The molecule has 5 heteroatoms. The summed E-state index contributed by atoms with van der Waals surface area (Å²) in [6.07, 6.45) is 3.34. The number of ether oxygens (including phenoxy) is 1. The van der Waals surface area contributed by atoms with Gasteiger partial charge in [-0.15, -0.1) is 0 Å². The normalized spacial score (nSPS) is 19.2. The van der Waals surface area contributed by atoms with Crippen LogP contribution in [-0.4, -0.2) is 45.7 Å². The Kier molecular flexibility index (Phi) is 4.28. The summed E-state index contributed by atoms with van der Waals surface area (Å²) in [7, 11) is 0. The first kappa shape index (κ1) is 14.8. The van der Waals surface area contributed by atoms with Crippen LogP contribution in [0.4, 0.5) is 0 Å². The number of hydrogen-bond acceptors (Lipinski definition) is 4. The topological polar surface area (TPSA) is 62.7 Å². The van der Waals surface area contributed by atoms with E-state index in [0.29, 0.717) is 18.0 Å². The first-order valence-corrected chi connectivity index (χ1v) is 6.97. The van der Waals surface area contributed by atoms with Crippen molar-refractivity contribution in [3.05, 3.63) is 23.9 Å². The van der Waals surface area contributed by atoms with Crippen LogP contribution in [0.5, 0.6) is 5.88 Å². The van der Waals surface area contributed by atoms with E-state index in [1.165, 1.54) is 6.20 Å². The first-order valence-electron chi connectivity index (χ1n) is 6.97. The molecule has 110 valence electrons. The quantitative estimate of drug-likeness (QED) is 0.916. The summed E-state index contributed by atoms with van der Waals surface area (Å²) < 4.78 is 5.63. The second kappa shape index (κ2) is 5.79. The number of nitrogens with zero attached hydrogens (tertiary/aromatic N) is 2. The van der Waals surface area contributed by atoms with Gasteiger partial charge in [-0.25, -0.2) is 4.98 Å². The molecule has 1 aromatic rings. The lowest BCUT2D eigenvalue weighted by atomic mass is 10.2. The highest BCUT2D eigenvalue weighted by Crippen LogP contribution is 2.21. The predicted octanol–water partition coefficient (Wildman–Crippen LogP) is 1.86. The van der Waals surface area contributed by atoms with Gasteiger partial charge in [-0.3, -0.25) is 4.79 Å². The summed E-state index contributed by atoms with van der Waals surface area (Å²) in [4.78, 5) is 18.2. The van der Waals surface area contributed by atoms with Crippen molar-refractivity contribution in [1.82, 2.24) is 9.88 Å². The van der Waals surface area contributed by atoms with Crippen molar-refractivity contribution in [3.63, 3.8) is 0 Å². The number of hydrogen-bond donors (Lipinski definition) is 1. The third-order valence-corrected chi connectivity index (χ3v) is 3.24. The predicted molar refractivity (Wildman–Crippen MR) is 75.8 cm³/mol. The Hall–Kier alpha value is -1.62. The molecule has 2 rings (SSSR count). The lowest BCUT2D eigenvalue weighted by Gasteiger charge is -2.23. The van der Waals surface area contributed by atoms with Gasteiger partial charge in [-0.2, -0.15) is 0 Å². The number of amides is 1. The molecule has 0 bridgehead atoms. The van der Waals surface area contributed by atoms with Gasteiger partial charge < -0.3 is 14.7 Å². The second-order valence-electron chi connectivity index (χ2n) is 6.08. The maximum absolute atomic E-state index is 12.3. The molecule has 1 atom stereocenters. The maximum Gasteiger partial charge on any atom is 0.255 e. The number of aromatic nitrogens is 1. The van der Waals surface area contributed by atoms with E-state index in [-0.39, 0.29) is 24.2 Å². The van der Waals surface area contributed by atoms with Crippen molar-refractivity contribution in [2.75, 3.05) is 13.2 Å². The van der Waals surface area contributed by atoms with E-state index in [1.807, 2.05) is 20.8 Å². The van der Waals surface area contributed by atoms with Crippen molar-refractivity contribution in [2.45, 2.75) is 45.3 Å². The lowest BCUT2D eigenvalue weighted by Crippen LogP contribution is -2.37. The van der Waals surface area contributed by atoms with Crippen molar-refractivity contribution in [1.29, 1.82) is 0 Å². The molecule has 0 aromatic carbocycles. The van der Waals surface area contributed by atoms with E-state index in [2.05, 4.69) is 4.98 Å². The number of carbonyl (C=O) groups excluding carboxylic acids is 1. The van der Waals surface area contributed by atoms with Gasteiger partial charge in [-0.1, -0.05) is 0 Å². The first-order chi connectivity index (χ1) is 9.40. The summed E-state index contributed by atoms with van der Waals surface area (Å²) in [6, 6.07) is 3.37. The molecule has 0 spiro atoms. The number of carbonyl (C=O) groups is 1. The maximum atomic E-state index is 12.3. The van der Waals surface area contributed by atoms with Crippen LogP contribution in [0.15, 0.2) is 18.3 Å². The standard InChI is InChI=1S/C15H22N2O3/c1-15(2,3)20-13-7-6-11(9-16-13)14(19)17-8-4-5-12(17)10-18/h6-7,9,12,18H,4-5,8,10H2,1-3H3/t12-/m1/s1. The molecule has 0 unspecified atom stereocenters. The van der Waals surface area contributed by atoms with Crippen LogP contribution in [0.3, 0.4) is 0 Å². The number of aliphatic hydroxyl groups excluding tert-OH is 1. The van der Waals surface area contributed by atoms with E-state index < -0.39 is 0 Å². The summed E-state index contributed by atoms with van der Waals surface area (Å²) in [6.45, 7) is 6.56. The fraction of sp³-hybridized carbons (Fsp3) is 0.600. The van der Waals surface area contributed by atoms with Crippen LogP contribution in [0.1, 0.15) is 44.0 Å². The highest BCUT2D eigenvalue weighted by molar-refractivity contribution is 5.94. The average molecular weight is 278 g/mol. The zero-order chi connectivity index (χ0) is 14.8. The fourth-order valence-corrected chi connectivity index (χ4v) is 2.34. The lowest BCUT2D eigenvalue weighted by molar-refractivity contribution is 0.0677.